The lowest BCUT2D eigenvalue weighted by Gasteiger charge is -2.17. The summed E-state index contributed by atoms with van der Waals surface area (Å²) in [5, 5.41) is 8.91. The van der Waals surface area contributed by atoms with E-state index in [1.165, 1.54) is 4.90 Å². The average Bonchev–Trinajstić information content (AvgIpc) is 2.56. The second-order valence-electron chi connectivity index (χ2n) is 4.56. The highest BCUT2D eigenvalue weighted by atomic mass is 16.4. The van der Waals surface area contributed by atoms with Crippen LogP contribution in [0.3, 0.4) is 0 Å². The second kappa shape index (κ2) is 5.58. The molecule has 0 bridgehead atoms. The van der Waals surface area contributed by atoms with Gasteiger partial charge in [-0.3, -0.25) is 9.88 Å². The molecule has 0 radical (unpaired) electrons. The molecule has 0 aromatic carbocycles. The lowest BCUT2D eigenvalue weighted by molar-refractivity contribution is 0.166. The minimum absolute atomic E-state index is 0.333. The van der Waals surface area contributed by atoms with Crippen molar-refractivity contribution in [3.05, 3.63) is 66.8 Å². The fourth-order valence-electron chi connectivity index (χ4n) is 2.10. The summed E-state index contributed by atoms with van der Waals surface area (Å²) in [6.07, 6.45) is 7.69. The number of nitrogens with zero attached hydrogens (tertiary/aromatic N) is 3. The van der Waals surface area contributed by atoms with Crippen LogP contribution in [-0.4, -0.2) is 32.6 Å². The van der Waals surface area contributed by atoms with Crippen molar-refractivity contribution in [1.29, 1.82) is 0 Å². The highest BCUT2D eigenvalue weighted by molar-refractivity contribution is 5.77. The molecule has 0 unspecified atom stereocenters. The zero-order chi connectivity index (χ0) is 14.7. The summed E-state index contributed by atoms with van der Waals surface area (Å²) in [6, 6.07) is 9.59. The Labute approximate surface area is 121 Å². The largest absolute Gasteiger partial charge is 0.465 e. The number of hydrogen-bond donors (Lipinski definition) is 1. The van der Waals surface area contributed by atoms with Gasteiger partial charge in [-0.25, -0.2) is 9.78 Å². The van der Waals surface area contributed by atoms with E-state index in [4.69, 9.17) is 5.11 Å². The number of rotatable bonds is 2. The number of carboxylic acid groups (broad SMARTS) is 1. The molecule has 5 nitrogen and oxygen atoms in total. The molecule has 0 saturated carbocycles. The van der Waals surface area contributed by atoms with Crippen molar-refractivity contribution in [2.24, 2.45) is 0 Å². The zero-order valence-corrected chi connectivity index (χ0v) is 11.2. The molecule has 3 rings (SSSR count). The van der Waals surface area contributed by atoms with E-state index in [1.807, 2.05) is 36.4 Å². The molecular weight excluding hydrogens is 266 g/mol. The Hall–Kier alpha value is -2.95. The lowest BCUT2D eigenvalue weighted by Crippen LogP contribution is -2.25. The molecule has 0 aliphatic carbocycles. The summed E-state index contributed by atoms with van der Waals surface area (Å²) in [4.78, 5) is 20.8. The standard InChI is InChI=1S/C16H13N3O2/c20-16(21)19-9-6-12(7-10-19)14-4-1-5-15(18-14)13-3-2-8-17-11-13/h1-9,11H,10H2,(H,20,21). The van der Waals surface area contributed by atoms with Crippen LogP contribution in [0.15, 0.2) is 61.1 Å². The fourth-order valence-corrected chi connectivity index (χ4v) is 2.10. The Kier molecular flexibility index (Phi) is 3.47. The first kappa shape index (κ1) is 13.1. The minimum Gasteiger partial charge on any atom is -0.465 e. The summed E-state index contributed by atoms with van der Waals surface area (Å²) in [7, 11) is 0. The first-order valence-electron chi connectivity index (χ1n) is 6.50. The summed E-state index contributed by atoms with van der Waals surface area (Å²) in [5.74, 6) is 0. The number of allylic oxidation sites excluding steroid dienone is 2. The van der Waals surface area contributed by atoms with Crippen LogP contribution in [0.4, 0.5) is 4.79 Å². The van der Waals surface area contributed by atoms with Gasteiger partial charge in [-0.05, 0) is 35.9 Å². The smallest absolute Gasteiger partial charge is 0.411 e. The van der Waals surface area contributed by atoms with Gasteiger partial charge >= 0.3 is 6.09 Å². The van der Waals surface area contributed by atoms with Crippen LogP contribution < -0.4 is 0 Å². The highest BCUT2D eigenvalue weighted by Crippen LogP contribution is 2.22. The first-order valence-corrected chi connectivity index (χ1v) is 6.50. The molecule has 21 heavy (non-hydrogen) atoms. The number of carbonyl (C=O) groups is 1. The van der Waals surface area contributed by atoms with Crippen molar-refractivity contribution in [3.8, 4) is 11.3 Å². The van der Waals surface area contributed by atoms with Crippen molar-refractivity contribution in [3.63, 3.8) is 0 Å². The Morgan fingerprint density at radius 2 is 2.05 bits per heavy atom. The number of amides is 1. The first-order chi connectivity index (χ1) is 10.2. The quantitative estimate of drug-likeness (QED) is 0.917. The number of aromatic nitrogens is 2. The van der Waals surface area contributed by atoms with Crippen LogP contribution in [0.2, 0.25) is 0 Å². The molecule has 3 heterocycles. The summed E-state index contributed by atoms with van der Waals surface area (Å²) < 4.78 is 0. The number of pyridine rings is 2. The SMILES string of the molecule is O=C(O)N1C=CC(c2cccc(-c3cccnc3)n2)=CC1. The van der Waals surface area contributed by atoms with Gasteiger partial charge < -0.3 is 5.11 Å². The maximum atomic E-state index is 10.9. The fraction of sp³-hybridized carbons (Fsp3) is 0.0625. The van der Waals surface area contributed by atoms with Crippen molar-refractivity contribution < 1.29 is 9.90 Å². The van der Waals surface area contributed by atoms with Crippen LogP contribution >= 0.6 is 0 Å². The van der Waals surface area contributed by atoms with E-state index in [-0.39, 0.29) is 0 Å². The van der Waals surface area contributed by atoms with Crippen LogP contribution in [0, 0.1) is 0 Å². The third-order valence-electron chi connectivity index (χ3n) is 3.19. The van der Waals surface area contributed by atoms with Gasteiger partial charge in [0, 0.05) is 30.7 Å². The predicted molar refractivity (Wildman–Crippen MR) is 79.3 cm³/mol. The molecule has 2 aromatic heterocycles. The Morgan fingerprint density at radius 1 is 1.19 bits per heavy atom. The van der Waals surface area contributed by atoms with Crippen LogP contribution in [0.25, 0.3) is 16.8 Å². The monoisotopic (exact) mass is 279 g/mol. The molecule has 0 spiro atoms. The van der Waals surface area contributed by atoms with Gasteiger partial charge in [0.05, 0.1) is 11.4 Å². The van der Waals surface area contributed by atoms with Gasteiger partial charge in [0.15, 0.2) is 0 Å². The summed E-state index contributed by atoms with van der Waals surface area (Å²) >= 11 is 0. The van der Waals surface area contributed by atoms with Crippen molar-refractivity contribution in [2.75, 3.05) is 6.54 Å². The molecule has 2 aromatic rings. The summed E-state index contributed by atoms with van der Waals surface area (Å²) in [5.41, 5.74) is 3.53. The van der Waals surface area contributed by atoms with Crippen LogP contribution in [0.5, 0.6) is 0 Å². The van der Waals surface area contributed by atoms with Gasteiger partial charge in [0.2, 0.25) is 0 Å². The van der Waals surface area contributed by atoms with Crippen molar-refractivity contribution >= 4 is 11.7 Å². The van der Waals surface area contributed by atoms with Gasteiger partial charge in [-0.1, -0.05) is 12.1 Å². The third-order valence-corrected chi connectivity index (χ3v) is 3.19. The van der Waals surface area contributed by atoms with E-state index in [9.17, 15) is 4.79 Å². The van der Waals surface area contributed by atoms with Gasteiger partial charge in [-0.15, -0.1) is 0 Å². The Balaban J connectivity index is 1.88. The minimum atomic E-state index is -0.960. The third kappa shape index (κ3) is 2.81. The van der Waals surface area contributed by atoms with Crippen molar-refractivity contribution in [2.45, 2.75) is 0 Å². The predicted octanol–water partition coefficient (Wildman–Crippen LogP) is 3.03. The molecule has 0 saturated heterocycles. The van der Waals surface area contributed by atoms with Crippen LogP contribution in [-0.2, 0) is 0 Å². The normalized spacial score (nSPS) is 13.9. The molecule has 1 N–H and O–H groups in total. The summed E-state index contributed by atoms with van der Waals surface area (Å²) in [6.45, 7) is 0.333. The molecule has 0 atom stereocenters. The molecule has 5 heteroatoms. The number of hydrogen-bond acceptors (Lipinski definition) is 3. The van der Waals surface area contributed by atoms with Crippen molar-refractivity contribution in [1.82, 2.24) is 14.9 Å². The van der Waals surface area contributed by atoms with E-state index < -0.39 is 6.09 Å². The topological polar surface area (TPSA) is 66.3 Å². The van der Waals surface area contributed by atoms with Gasteiger partial charge in [-0.2, -0.15) is 0 Å². The van der Waals surface area contributed by atoms with Gasteiger partial charge in [0.1, 0.15) is 0 Å². The van der Waals surface area contributed by atoms with Gasteiger partial charge in [0.25, 0.3) is 0 Å². The zero-order valence-electron chi connectivity index (χ0n) is 11.2. The molecule has 0 fully saturated rings. The highest BCUT2D eigenvalue weighted by Gasteiger charge is 2.12. The maximum absolute atomic E-state index is 10.9. The molecular formula is C16H13N3O2. The van der Waals surface area contributed by atoms with E-state index in [0.717, 1.165) is 22.5 Å². The van der Waals surface area contributed by atoms with Crippen LogP contribution in [0.1, 0.15) is 5.69 Å². The molecule has 1 aliphatic heterocycles. The van der Waals surface area contributed by atoms with E-state index in [2.05, 4.69) is 9.97 Å². The maximum Gasteiger partial charge on any atom is 0.411 e. The second-order valence-corrected chi connectivity index (χ2v) is 4.56. The van der Waals surface area contributed by atoms with E-state index >= 15 is 0 Å². The van der Waals surface area contributed by atoms with E-state index in [1.54, 1.807) is 24.7 Å². The Bertz CT molecular complexity index is 723. The van der Waals surface area contributed by atoms with E-state index in [0.29, 0.717) is 6.54 Å². The average molecular weight is 279 g/mol. The molecule has 104 valence electrons. The molecule has 1 amide bonds. The Morgan fingerprint density at radius 3 is 2.71 bits per heavy atom. The molecule has 1 aliphatic rings. The lowest BCUT2D eigenvalue weighted by atomic mass is 10.1.